The monoisotopic (exact) mass is 662 g/mol. The smallest absolute Gasteiger partial charge is 0.171 e. The van der Waals surface area contributed by atoms with Crippen LogP contribution in [0.1, 0.15) is 12.8 Å². The van der Waals surface area contributed by atoms with E-state index in [-0.39, 0.29) is 0 Å². The summed E-state index contributed by atoms with van der Waals surface area (Å²) in [5.74, 6) is 1.78. The van der Waals surface area contributed by atoms with Crippen LogP contribution in [-0.4, -0.2) is 27.4 Å². The van der Waals surface area contributed by atoms with Gasteiger partial charge in [0, 0.05) is 17.7 Å². The zero-order valence-electron chi connectivity index (χ0n) is 20.9. The van der Waals surface area contributed by atoms with E-state index in [1.165, 1.54) is 40.3 Å². The molecule has 1 saturated heterocycles. The maximum atomic E-state index is 5.11. The van der Waals surface area contributed by atoms with Crippen LogP contribution in [0.3, 0.4) is 0 Å². The quantitative estimate of drug-likeness (QED) is 0.162. The molecule has 4 aromatic rings. The number of benzene rings is 4. The van der Waals surface area contributed by atoms with Crippen LogP contribution in [0.15, 0.2) is 114 Å². The molecule has 0 saturated carbocycles. The van der Waals surface area contributed by atoms with Crippen LogP contribution in [0.2, 0.25) is 0 Å². The molecule has 0 spiro atoms. The van der Waals surface area contributed by atoms with Gasteiger partial charge in [0.15, 0.2) is 0 Å². The van der Waals surface area contributed by atoms with Gasteiger partial charge in [-0.25, -0.2) is 0 Å². The Morgan fingerprint density at radius 2 is 1.08 bits per heavy atom. The number of hydrogen-bond acceptors (Lipinski definition) is 3. The standard InChI is InChI=1S/C13H12O.C7H7BrO.C6H5.C4H8O.BrH.Zn/c1-14-13-9-7-12(8-10-13)11-5-3-2-4-6-11;1-9-7-4-2-6(8)3-5-7;1-2-4-6-5-3-1;1-2-4-5-3-1;;/h2-10H,1H3;2-5H,1H3;1-5H;1-4H2;1H;/q;;-1;;;+2/p-1. The zero-order valence-corrected chi connectivity index (χ0v) is 27.0. The van der Waals surface area contributed by atoms with E-state index >= 15 is 0 Å². The van der Waals surface area contributed by atoms with Crippen LogP contribution in [0.4, 0.5) is 0 Å². The molecule has 1 heterocycles. The van der Waals surface area contributed by atoms with Gasteiger partial charge in [0.25, 0.3) is 0 Å². The Balaban J connectivity index is 0.000000253. The number of methoxy groups -OCH3 is 2. The van der Waals surface area contributed by atoms with Gasteiger partial charge in [-0.2, -0.15) is 36.4 Å². The number of hydrogen-bond donors (Lipinski definition) is 0. The number of ether oxygens (including phenoxy) is 3. The first kappa shape index (κ1) is 32.1. The summed E-state index contributed by atoms with van der Waals surface area (Å²) in [4.78, 5) is 0. The number of rotatable bonds is 3. The summed E-state index contributed by atoms with van der Waals surface area (Å²) in [6.07, 6.45) is 2.56. The summed E-state index contributed by atoms with van der Waals surface area (Å²) in [6, 6.07) is 38.6. The summed E-state index contributed by atoms with van der Waals surface area (Å²) < 4.78 is 16.1. The van der Waals surface area contributed by atoms with Crippen molar-refractivity contribution in [1.29, 1.82) is 0 Å². The molecule has 1 aliphatic heterocycles. The molecule has 6 heteroatoms. The molecule has 3 nitrogen and oxygen atoms in total. The minimum Gasteiger partial charge on any atom is -0.184 e. The van der Waals surface area contributed by atoms with E-state index in [1.54, 1.807) is 14.2 Å². The first-order valence-electron chi connectivity index (χ1n) is 11.5. The van der Waals surface area contributed by atoms with Crippen LogP contribution in [0.25, 0.3) is 11.1 Å². The van der Waals surface area contributed by atoms with Crippen molar-refractivity contribution in [3.8, 4) is 22.6 Å². The fraction of sp³-hybridized carbons (Fsp3) is 0.200. The average molecular weight is 666 g/mol. The second-order valence-corrected chi connectivity index (χ2v) is 8.07. The Kier molecular flexibility index (Phi) is 19.8. The van der Waals surface area contributed by atoms with Crippen molar-refractivity contribution < 1.29 is 30.6 Å². The molecule has 4 aromatic carbocycles. The molecular formula is C30H32Br2O3Zn. The second-order valence-electron chi connectivity index (χ2n) is 7.15. The molecule has 0 radical (unpaired) electrons. The SMILES string of the molecule is C1CCOC1.COc1ccc(-c2ccccc2)cc1.COc1ccc(Br)cc1.[Zn+][Br].[c-]1ccccc1. The van der Waals surface area contributed by atoms with E-state index in [2.05, 4.69) is 59.9 Å². The fourth-order valence-electron chi connectivity index (χ4n) is 2.84. The van der Waals surface area contributed by atoms with Crippen LogP contribution in [0.5, 0.6) is 11.5 Å². The molecule has 186 valence electrons. The molecule has 0 bridgehead atoms. The van der Waals surface area contributed by atoms with Crippen molar-refractivity contribution in [2.75, 3.05) is 27.4 Å². The topological polar surface area (TPSA) is 27.7 Å². The normalized spacial score (nSPS) is 10.9. The summed E-state index contributed by atoms with van der Waals surface area (Å²) in [7, 11) is 3.33. The van der Waals surface area contributed by atoms with Gasteiger partial charge >= 0.3 is 30.0 Å². The Morgan fingerprint density at radius 1 is 0.639 bits per heavy atom. The molecule has 36 heavy (non-hydrogen) atoms. The third-order valence-corrected chi connectivity index (χ3v) is 5.21. The van der Waals surface area contributed by atoms with Crippen molar-refractivity contribution in [2.45, 2.75) is 12.8 Å². The summed E-state index contributed by atoms with van der Waals surface area (Å²) in [5.41, 5.74) is 2.45. The summed E-state index contributed by atoms with van der Waals surface area (Å²) in [5, 5.41) is 0. The fourth-order valence-corrected chi connectivity index (χ4v) is 3.10. The third-order valence-electron chi connectivity index (χ3n) is 4.68. The van der Waals surface area contributed by atoms with Gasteiger partial charge in [0.2, 0.25) is 0 Å². The molecule has 0 aromatic heterocycles. The van der Waals surface area contributed by atoms with Crippen LogP contribution in [0, 0.1) is 6.07 Å². The van der Waals surface area contributed by atoms with Gasteiger partial charge in [-0.3, -0.25) is 0 Å². The molecule has 0 atom stereocenters. The zero-order chi connectivity index (χ0) is 26.3. The first-order chi connectivity index (χ1) is 17.7. The first-order valence-corrected chi connectivity index (χ1v) is 19.2. The molecule has 5 rings (SSSR count). The van der Waals surface area contributed by atoms with E-state index in [1.807, 2.05) is 84.9 Å². The molecule has 0 unspecified atom stereocenters. The molecule has 1 fully saturated rings. The minimum absolute atomic E-state index is 0.887. The predicted molar refractivity (Wildman–Crippen MR) is 153 cm³/mol. The second kappa shape index (κ2) is 22.2. The van der Waals surface area contributed by atoms with Crippen LogP contribution >= 0.6 is 29.6 Å². The maximum absolute atomic E-state index is 5.11. The third kappa shape index (κ3) is 15.2. The van der Waals surface area contributed by atoms with Crippen molar-refractivity contribution in [2.24, 2.45) is 0 Å². The van der Waals surface area contributed by atoms with Gasteiger partial charge in [0.05, 0.1) is 14.2 Å². The van der Waals surface area contributed by atoms with E-state index in [4.69, 9.17) is 14.2 Å². The van der Waals surface area contributed by atoms with Crippen molar-refractivity contribution in [3.05, 3.63) is 120 Å². The van der Waals surface area contributed by atoms with E-state index in [0.29, 0.717) is 0 Å². The molecular weight excluding hydrogens is 634 g/mol. The van der Waals surface area contributed by atoms with Crippen molar-refractivity contribution in [3.63, 3.8) is 0 Å². The van der Waals surface area contributed by atoms with Crippen LogP contribution in [-0.2, 0) is 21.1 Å². The molecule has 1 aliphatic rings. The summed E-state index contributed by atoms with van der Waals surface area (Å²) >= 11 is 7.57. The summed E-state index contributed by atoms with van der Waals surface area (Å²) in [6.45, 7) is 2.00. The Bertz CT molecular complexity index is 961. The minimum atomic E-state index is 0.887. The number of halogens is 2. The Morgan fingerprint density at radius 3 is 1.44 bits per heavy atom. The van der Waals surface area contributed by atoms with E-state index in [0.717, 1.165) is 29.2 Å². The van der Waals surface area contributed by atoms with E-state index in [9.17, 15) is 0 Å². The van der Waals surface area contributed by atoms with Gasteiger partial charge in [0.1, 0.15) is 11.5 Å². The van der Waals surface area contributed by atoms with Crippen LogP contribution < -0.4 is 9.47 Å². The molecule has 0 amide bonds. The van der Waals surface area contributed by atoms with Crippen molar-refractivity contribution >= 4 is 29.6 Å². The molecule has 0 aliphatic carbocycles. The maximum Gasteiger partial charge on any atom is -0.171 e. The average Bonchev–Trinajstić information content (AvgIpc) is 3.57. The van der Waals surface area contributed by atoms with Crippen molar-refractivity contribution in [1.82, 2.24) is 0 Å². The van der Waals surface area contributed by atoms with Gasteiger partial charge in [-0.15, -0.1) is 0 Å². The molecule has 0 N–H and O–H groups in total. The van der Waals surface area contributed by atoms with Gasteiger partial charge in [-0.1, -0.05) is 58.4 Å². The van der Waals surface area contributed by atoms with E-state index < -0.39 is 0 Å². The predicted octanol–water partition coefficient (Wildman–Crippen LogP) is 8.95. The Labute approximate surface area is 241 Å². The largest absolute Gasteiger partial charge is 0.184 e. The Hall–Kier alpha value is -1.98. The van der Waals surface area contributed by atoms with Gasteiger partial charge < -0.3 is 14.2 Å². The van der Waals surface area contributed by atoms with Gasteiger partial charge in [-0.05, 0) is 60.4 Å².